The van der Waals surface area contributed by atoms with Crippen LogP contribution in [0.3, 0.4) is 0 Å². The molecule has 1 saturated carbocycles. The van der Waals surface area contributed by atoms with Crippen molar-refractivity contribution in [2.24, 2.45) is 5.73 Å². The Morgan fingerprint density at radius 3 is 2.45 bits per heavy atom. The van der Waals surface area contributed by atoms with Crippen LogP contribution in [0.25, 0.3) is 0 Å². The molecule has 1 aliphatic carbocycles. The summed E-state index contributed by atoms with van der Waals surface area (Å²) in [6.07, 6.45) is 3.40. The lowest BCUT2D eigenvalue weighted by Crippen LogP contribution is -2.55. The molecule has 0 aromatic carbocycles. The van der Waals surface area contributed by atoms with Gasteiger partial charge in [0.2, 0.25) is 5.91 Å². The molecule has 0 unspecified atom stereocenters. The molecule has 20 heavy (non-hydrogen) atoms. The summed E-state index contributed by atoms with van der Waals surface area (Å²) in [5.74, 6) is -0.104. The molecule has 0 saturated heterocycles. The van der Waals surface area contributed by atoms with Crippen LogP contribution in [0.2, 0.25) is 0 Å². The normalized spacial score (nSPS) is 23.1. The maximum atomic E-state index is 11.9. The fourth-order valence-electron chi connectivity index (χ4n) is 2.53. The van der Waals surface area contributed by atoms with Crippen molar-refractivity contribution in [3.05, 3.63) is 0 Å². The summed E-state index contributed by atoms with van der Waals surface area (Å²) in [6.45, 7) is 5.48. The molecular formula is C14H27N3O3. The minimum absolute atomic E-state index is 0.00711. The van der Waals surface area contributed by atoms with Gasteiger partial charge in [-0.3, -0.25) is 4.79 Å². The van der Waals surface area contributed by atoms with Gasteiger partial charge in [0.1, 0.15) is 5.60 Å². The SMILES string of the molecule is CN(C(=O)CN)[C@@H]1CCCC[C@H]1NC(=O)OC(C)(C)C. The molecule has 116 valence electrons. The Labute approximate surface area is 121 Å². The Morgan fingerprint density at radius 2 is 1.90 bits per heavy atom. The number of rotatable bonds is 3. The van der Waals surface area contributed by atoms with E-state index in [9.17, 15) is 9.59 Å². The van der Waals surface area contributed by atoms with Gasteiger partial charge in [-0.2, -0.15) is 0 Å². The van der Waals surface area contributed by atoms with Crippen LogP contribution in [0.5, 0.6) is 0 Å². The predicted molar refractivity (Wildman–Crippen MR) is 77.2 cm³/mol. The highest BCUT2D eigenvalue weighted by Gasteiger charge is 2.32. The van der Waals surface area contributed by atoms with Crippen LogP contribution in [0.1, 0.15) is 46.5 Å². The first-order valence-electron chi connectivity index (χ1n) is 7.20. The zero-order valence-electron chi connectivity index (χ0n) is 12.9. The number of carbonyl (C=O) groups is 2. The Morgan fingerprint density at radius 1 is 1.30 bits per heavy atom. The molecule has 1 aliphatic rings. The largest absolute Gasteiger partial charge is 0.444 e. The third-order valence-electron chi connectivity index (χ3n) is 3.50. The molecule has 2 atom stereocenters. The quantitative estimate of drug-likeness (QED) is 0.817. The van der Waals surface area contributed by atoms with Crippen LogP contribution >= 0.6 is 0 Å². The highest BCUT2D eigenvalue weighted by atomic mass is 16.6. The zero-order chi connectivity index (χ0) is 15.3. The first kappa shape index (κ1) is 16.8. The highest BCUT2D eigenvalue weighted by molar-refractivity contribution is 5.78. The number of likely N-dealkylation sites (N-methyl/N-ethyl adjacent to an activating group) is 1. The summed E-state index contributed by atoms with van der Waals surface area (Å²) in [4.78, 5) is 25.3. The monoisotopic (exact) mass is 285 g/mol. The molecule has 0 spiro atoms. The van der Waals surface area contributed by atoms with E-state index in [1.54, 1.807) is 11.9 Å². The molecule has 6 nitrogen and oxygen atoms in total. The maximum absolute atomic E-state index is 11.9. The van der Waals surface area contributed by atoms with Gasteiger partial charge in [-0.15, -0.1) is 0 Å². The molecule has 6 heteroatoms. The van der Waals surface area contributed by atoms with Crippen LogP contribution in [0, 0.1) is 0 Å². The third-order valence-corrected chi connectivity index (χ3v) is 3.50. The molecule has 1 fully saturated rings. The Balaban J connectivity index is 2.65. The molecule has 0 radical (unpaired) electrons. The highest BCUT2D eigenvalue weighted by Crippen LogP contribution is 2.23. The van der Waals surface area contributed by atoms with E-state index in [1.807, 2.05) is 20.8 Å². The lowest BCUT2D eigenvalue weighted by molar-refractivity contribution is -0.131. The van der Waals surface area contributed by atoms with Crippen molar-refractivity contribution in [2.75, 3.05) is 13.6 Å². The minimum atomic E-state index is -0.521. The number of nitrogens with two attached hydrogens (primary N) is 1. The predicted octanol–water partition coefficient (Wildman–Crippen LogP) is 1.24. The van der Waals surface area contributed by atoms with Gasteiger partial charge in [0.25, 0.3) is 0 Å². The fraction of sp³-hybridized carbons (Fsp3) is 0.857. The van der Waals surface area contributed by atoms with Gasteiger partial charge in [0.15, 0.2) is 0 Å². The summed E-state index contributed by atoms with van der Waals surface area (Å²) in [5, 5.41) is 2.89. The van der Waals surface area contributed by atoms with E-state index in [0.29, 0.717) is 0 Å². The van der Waals surface area contributed by atoms with Crippen LogP contribution in [0.15, 0.2) is 0 Å². The molecule has 0 aliphatic heterocycles. The standard InChI is InChI=1S/C14H27N3O3/c1-14(2,3)20-13(19)16-10-7-5-6-8-11(10)17(4)12(18)9-15/h10-11H,5-9,15H2,1-4H3,(H,16,19)/t10-,11-/m1/s1. The van der Waals surface area contributed by atoms with Crippen molar-refractivity contribution >= 4 is 12.0 Å². The summed E-state index contributed by atoms with van der Waals surface area (Å²) >= 11 is 0. The maximum Gasteiger partial charge on any atom is 0.407 e. The summed E-state index contributed by atoms with van der Waals surface area (Å²) < 4.78 is 5.28. The lowest BCUT2D eigenvalue weighted by Gasteiger charge is -2.38. The summed E-state index contributed by atoms with van der Waals surface area (Å²) in [6, 6.07) is -0.0774. The van der Waals surface area contributed by atoms with Crippen molar-refractivity contribution in [3.63, 3.8) is 0 Å². The van der Waals surface area contributed by atoms with Crippen LogP contribution in [0.4, 0.5) is 4.79 Å². The number of amides is 2. The van der Waals surface area contributed by atoms with E-state index in [-0.39, 0.29) is 24.5 Å². The average Bonchev–Trinajstić information content (AvgIpc) is 2.35. The van der Waals surface area contributed by atoms with Crippen LogP contribution in [-0.2, 0) is 9.53 Å². The molecule has 0 aromatic heterocycles. The van der Waals surface area contributed by atoms with Gasteiger partial charge in [-0.05, 0) is 33.6 Å². The van der Waals surface area contributed by atoms with Gasteiger partial charge in [0.05, 0.1) is 18.6 Å². The van der Waals surface area contributed by atoms with Gasteiger partial charge < -0.3 is 20.7 Å². The van der Waals surface area contributed by atoms with E-state index in [2.05, 4.69) is 5.32 Å². The molecule has 0 heterocycles. The van der Waals surface area contributed by atoms with Crippen molar-refractivity contribution < 1.29 is 14.3 Å². The molecule has 0 aromatic rings. The lowest BCUT2D eigenvalue weighted by atomic mass is 9.89. The minimum Gasteiger partial charge on any atom is -0.444 e. The Kier molecular flexibility index (Phi) is 5.80. The molecule has 1 rings (SSSR count). The zero-order valence-corrected chi connectivity index (χ0v) is 12.9. The smallest absolute Gasteiger partial charge is 0.407 e. The number of ether oxygens (including phenoxy) is 1. The second-order valence-electron chi connectivity index (χ2n) is 6.31. The number of nitrogens with one attached hydrogen (secondary N) is 1. The number of hydrogen-bond acceptors (Lipinski definition) is 4. The van der Waals surface area contributed by atoms with Crippen LogP contribution < -0.4 is 11.1 Å². The van der Waals surface area contributed by atoms with E-state index in [0.717, 1.165) is 25.7 Å². The first-order valence-corrected chi connectivity index (χ1v) is 7.20. The fourth-order valence-corrected chi connectivity index (χ4v) is 2.53. The number of carbonyl (C=O) groups excluding carboxylic acids is 2. The van der Waals surface area contributed by atoms with Crippen LogP contribution in [-0.4, -0.2) is 48.2 Å². The Hall–Kier alpha value is -1.30. The second kappa shape index (κ2) is 6.92. The van der Waals surface area contributed by atoms with Gasteiger partial charge >= 0.3 is 6.09 Å². The molecule has 0 bridgehead atoms. The van der Waals surface area contributed by atoms with Crippen molar-refractivity contribution in [1.82, 2.24) is 10.2 Å². The molecule has 2 amide bonds. The van der Waals surface area contributed by atoms with E-state index >= 15 is 0 Å². The second-order valence-corrected chi connectivity index (χ2v) is 6.31. The first-order chi connectivity index (χ1) is 9.24. The van der Waals surface area contributed by atoms with Gasteiger partial charge in [0, 0.05) is 7.05 Å². The number of alkyl carbamates (subject to hydrolysis) is 1. The third kappa shape index (κ3) is 5.00. The van der Waals surface area contributed by atoms with E-state index < -0.39 is 11.7 Å². The molecular weight excluding hydrogens is 258 g/mol. The summed E-state index contributed by atoms with van der Waals surface area (Å²) in [7, 11) is 1.74. The van der Waals surface area contributed by atoms with Crippen molar-refractivity contribution in [2.45, 2.75) is 64.1 Å². The topological polar surface area (TPSA) is 84.7 Å². The summed E-state index contributed by atoms with van der Waals surface area (Å²) in [5.41, 5.74) is 4.89. The van der Waals surface area contributed by atoms with Gasteiger partial charge in [-0.25, -0.2) is 4.79 Å². The van der Waals surface area contributed by atoms with Crippen molar-refractivity contribution in [1.29, 1.82) is 0 Å². The van der Waals surface area contributed by atoms with E-state index in [1.165, 1.54) is 0 Å². The Bertz CT molecular complexity index is 352. The van der Waals surface area contributed by atoms with E-state index in [4.69, 9.17) is 10.5 Å². The number of nitrogens with zero attached hydrogens (tertiary/aromatic N) is 1. The average molecular weight is 285 g/mol. The van der Waals surface area contributed by atoms with Crippen molar-refractivity contribution in [3.8, 4) is 0 Å². The van der Waals surface area contributed by atoms with Gasteiger partial charge in [-0.1, -0.05) is 12.8 Å². The molecule has 3 N–H and O–H groups in total. The number of hydrogen-bond donors (Lipinski definition) is 2.